The number of nitriles is 1. The van der Waals surface area contributed by atoms with Gasteiger partial charge in [-0.15, -0.1) is 11.3 Å². The largest absolute Gasteiger partial charge is 0.365 e. The minimum atomic E-state index is 0.366. The Morgan fingerprint density at radius 1 is 1.44 bits per heavy atom. The summed E-state index contributed by atoms with van der Waals surface area (Å²) in [7, 11) is 0. The Morgan fingerprint density at radius 3 is 3.00 bits per heavy atom. The van der Waals surface area contributed by atoms with Gasteiger partial charge < -0.3 is 5.32 Å². The molecule has 0 amide bonds. The highest BCUT2D eigenvalue weighted by Gasteiger charge is 2.00. The third-order valence-electron chi connectivity index (χ3n) is 1.85. The van der Waals surface area contributed by atoms with Crippen molar-refractivity contribution < 1.29 is 0 Å². The zero-order valence-corrected chi connectivity index (χ0v) is 10.5. The first-order valence-corrected chi connectivity index (χ1v) is 6.14. The van der Waals surface area contributed by atoms with Crippen LogP contribution in [0.5, 0.6) is 0 Å². The second kappa shape index (κ2) is 5.05. The molecular weight excluding hydrogens is 288 g/mol. The van der Waals surface area contributed by atoms with Crippen molar-refractivity contribution in [2.45, 2.75) is 6.54 Å². The van der Waals surface area contributed by atoms with E-state index in [0.29, 0.717) is 18.1 Å². The van der Waals surface area contributed by atoms with Gasteiger partial charge in [-0.25, -0.2) is 9.97 Å². The second-order valence-corrected chi connectivity index (χ2v) is 4.90. The van der Waals surface area contributed by atoms with Crippen LogP contribution >= 0.6 is 27.3 Å². The van der Waals surface area contributed by atoms with E-state index in [0.717, 1.165) is 4.47 Å². The van der Waals surface area contributed by atoms with E-state index >= 15 is 0 Å². The Bertz CT molecular complexity index is 532. The summed E-state index contributed by atoms with van der Waals surface area (Å²) >= 11 is 5.06. The third-order valence-corrected chi connectivity index (χ3v) is 3.54. The maximum atomic E-state index is 8.68. The number of hydrogen-bond donors (Lipinski definition) is 1. The summed E-state index contributed by atoms with van der Waals surface area (Å²) in [6.45, 7) is 0.693. The quantitative estimate of drug-likeness (QED) is 0.945. The first-order chi connectivity index (χ1) is 7.78. The zero-order valence-electron chi connectivity index (χ0n) is 8.14. The van der Waals surface area contributed by atoms with Gasteiger partial charge in [-0.05, 0) is 22.0 Å². The zero-order chi connectivity index (χ0) is 11.4. The molecule has 0 atom stereocenters. The predicted molar refractivity (Wildman–Crippen MR) is 66.1 cm³/mol. The van der Waals surface area contributed by atoms with Crippen molar-refractivity contribution in [3.8, 4) is 6.07 Å². The number of aromatic nitrogens is 2. The molecule has 4 nitrogen and oxygen atoms in total. The van der Waals surface area contributed by atoms with Crippen LogP contribution in [0.15, 0.2) is 28.3 Å². The molecule has 0 fully saturated rings. The standard InChI is InChI=1S/C10H7BrN4S/c11-7-1-9(16-5-7)4-13-10-2-8(3-12)14-6-15-10/h1-2,5-6H,4H2,(H,13,14,15). The van der Waals surface area contributed by atoms with Crippen LogP contribution in [0, 0.1) is 11.3 Å². The van der Waals surface area contributed by atoms with Gasteiger partial charge in [-0.2, -0.15) is 5.26 Å². The molecule has 0 aliphatic carbocycles. The molecule has 2 rings (SSSR count). The molecule has 0 aromatic carbocycles. The minimum absolute atomic E-state index is 0.366. The van der Waals surface area contributed by atoms with Gasteiger partial charge in [0.2, 0.25) is 0 Å². The predicted octanol–water partition coefficient (Wildman–Crippen LogP) is 2.78. The van der Waals surface area contributed by atoms with E-state index in [1.54, 1.807) is 17.4 Å². The Labute approximate surface area is 105 Å². The van der Waals surface area contributed by atoms with Crippen molar-refractivity contribution in [2.75, 3.05) is 5.32 Å². The van der Waals surface area contributed by atoms with E-state index in [4.69, 9.17) is 5.26 Å². The molecule has 6 heteroatoms. The fourth-order valence-electron chi connectivity index (χ4n) is 1.14. The van der Waals surface area contributed by atoms with Crippen molar-refractivity contribution in [2.24, 2.45) is 0 Å². The molecule has 1 N–H and O–H groups in total. The van der Waals surface area contributed by atoms with E-state index in [2.05, 4.69) is 31.2 Å². The maximum Gasteiger partial charge on any atom is 0.145 e. The molecule has 0 bridgehead atoms. The van der Waals surface area contributed by atoms with Crippen LogP contribution in [-0.4, -0.2) is 9.97 Å². The van der Waals surface area contributed by atoms with Crippen LogP contribution in [0.4, 0.5) is 5.82 Å². The summed E-state index contributed by atoms with van der Waals surface area (Å²) in [5.41, 5.74) is 0.366. The third kappa shape index (κ3) is 2.78. The lowest BCUT2D eigenvalue weighted by Crippen LogP contribution is -2.00. The number of thiophene rings is 1. The highest BCUT2D eigenvalue weighted by Crippen LogP contribution is 2.20. The van der Waals surface area contributed by atoms with E-state index in [1.807, 2.05) is 17.5 Å². The molecule has 0 unspecified atom stereocenters. The van der Waals surface area contributed by atoms with Gasteiger partial charge in [-0.3, -0.25) is 0 Å². The molecule has 0 aliphatic rings. The molecule has 0 aliphatic heterocycles. The maximum absolute atomic E-state index is 8.68. The lowest BCUT2D eigenvalue weighted by Gasteiger charge is -2.02. The molecule has 0 radical (unpaired) electrons. The molecule has 16 heavy (non-hydrogen) atoms. The lowest BCUT2D eigenvalue weighted by atomic mass is 10.4. The van der Waals surface area contributed by atoms with Crippen molar-refractivity contribution in [1.82, 2.24) is 9.97 Å². The van der Waals surface area contributed by atoms with Crippen LogP contribution in [0.3, 0.4) is 0 Å². The molecular formula is C10H7BrN4S. The van der Waals surface area contributed by atoms with Gasteiger partial charge in [0.05, 0.1) is 6.54 Å². The van der Waals surface area contributed by atoms with E-state index in [1.165, 1.54) is 11.2 Å². The van der Waals surface area contributed by atoms with Crippen LogP contribution in [0.25, 0.3) is 0 Å². The molecule has 80 valence electrons. The van der Waals surface area contributed by atoms with E-state index in [9.17, 15) is 0 Å². The first kappa shape index (κ1) is 11.0. The number of nitrogens with one attached hydrogen (secondary N) is 1. The summed E-state index contributed by atoms with van der Waals surface area (Å²) in [5, 5.41) is 13.8. The monoisotopic (exact) mass is 294 g/mol. The second-order valence-electron chi connectivity index (χ2n) is 2.99. The number of nitrogens with zero attached hydrogens (tertiary/aromatic N) is 3. The first-order valence-electron chi connectivity index (χ1n) is 4.47. The van der Waals surface area contributed by atoms with Gasteiger partial charge in [0.15, 0.2) is 0 Å². The molecule has 0 spiro atoms. The van der Waals surface area contributed by atoms with Crippen LogP contribution in [0.1, 0.15) is 10.6 Å². The SMILES string of the molecule is N#Cc1cc(NCc2cc(Br)cs2)ncn1. The van der Waals surface area contributed by atoms with E-state index < -0.39 is 0 Å². The number of rotatable bonds is 3. The lowest BCUT2D eigenvalue weighted by molar-refractivity contribution is 1.08. The number of halogens is 1. The van der Waals surface area contributed by atoms with Crippen LogP contribution < -0.4 is 5.32 Å². The van der Waals surface area contributed by atoms with Crippen molar-refractivity contribution in [3.63, 3.8) is 0 Å². The van der Waals surface area contributed by atoms with Gasteiger partial charge in [0, 0.05) is 20.8 Å². The normalized spacial score (nSPS) is 9.75. The Morgan fingerprint density at radius 2 is 2.31 bits per heavy atom. The Hall–Kier alpha value is -1.45. The summed E-state index contributed by atoms with van der Waals surface area (Å²) in [5.74, 6) is 0.663. The van der Waals surface area contributed by atoms with Crippen molar-refractivity contribution >= 4 is 33.1 Å². The summed E-state index contributed by atoms with van der Waals surface area (Å²) in [4.78, 5) is 9.03. The summed E-state index contributed by atoms with van der Waals surface area (Å²) in [6.07, 6.45) is 1.38. The Balaban J connectivity index is 2.02. The molecule has 2 heterocycles. The summed E-state index contributed by atoms with van der Waals surface area (Å²) < 4.78 is 1.08. The fourth-order valence-corrected chi connectivity index (χ4v) is 2.53. The molecule has 0 saturated carbocycles. The summed E-state index contributed by atoms with van der Waals surface area (Å²) in [6, 6.07) is 5.65. The Kier molecular flexibility index (Phi) is 3.49. The van der Waals surface area contributed by atoms with Crippen LogP contribution in [0.2, 0.25) is 0 Å². The van der Waals surface area contributed by atoms with Gasteiger partial charge in [0.25, 0.3) is 0 Å². The smallest absolute Gasteiger partial charge is 0.145 e. The molecule has 0 saturated heterocycles. The van der Waals surface area contributed by atoms with E-state index in [-0.39, 0.29) is 0 Å². The fraction of sp³-hybridized carbons (Fsp3) is 0.100. The minimum Gasteiger partial charge on any atom is -0.365 e. The average molecular weight is 295 g/mol. The van der Waals surface area contributed by atoms with Gasteiger partial charge in [-0.1, -0.05) is 0 Å². The highest BCUT2D eigenvalue weighted by molar-refractivity contribution is 9.10. The number of hydrogen-bond acceptors (Lipinski definition) is 5. The van der Waals surface area contributed by atoms with Gasteiger partial charge in [0.1, 0.15) is 23.9 Å². The van der Waals surface area contributed by atoms with Crippen molar-refractivity contribution in [3.05, 3.63) is 38.9 Å². The number of anilines is 1. The van der Waals surface area contributed by atoms with Crippen LogP contribution in [-0.2, 0) is 6.54 Å². The average Bonchev–Trinajstić information content (AvgIpc) is 2.73. The topological polar surface area (TPSA) is 61.6 Å². The van der Waals surface area contributed by atoms with Gasteiger partial charge >= 0.3 is 0 Å². The van der Waals surface area contributed by atoms with Crippen molar-refractivity contribution in [1.29, 1.82) is 5.26 Å². The molecule has 2 aromatic heterocycles. The molecule has 2 aromatic rings. The highest BCUT2D eigenvalue weighted by atomic mass is 79.9.